The number of rotatable bonds is 7. The summed E-state index contributed by atoms with van der Waals surface area (Å²) in [4.78, 5) is 8.69. The highest BCUT2D eigenvalue weighted by Gasteiger charge is 2.19. The van der Waals surface area contributed by atoms with E-state index in [-0.39, 0.29) is 41.7 Å². The lowest BCUT2D eigenvalue weighted by molar-refractivity contribution is -0.0504. The van der Waals surface area contributed by atoms with Gasteiger partial charge in [-0.05, 0) is 13.0 Å². The fourth-order valence-electron chi connectivity index (χ4n) is 2.25. The van der Waals surface area contributed by atoms with Crippen LogP contribution in [0.2, 0.25) is 0 Å². The molecule has 0 unspecified atom stereocenters. The van der Waals surface area contributed by atoms with Crippen LogP contribution in [0, 0.1) is 0 Å². The summed E-state index contributed by atoms with van der Waals surface area (Å²) in [5.74, 6) is 2.00. The lowest BCUT2D eigenvalue weighted by atomic mass is 9.94. The molecule has 0 atom stereocenters. The molecular weight excluding hydrogens is 481 g/mol. The van der Waals surface area contributed by atoms with E-state index < -0.39 is 6.61 Å². The summed E-state index contributed by atoms with van der Waals surface area (Å²) in [5, 5.41) is 6.23. The molecule has 1 aromatic heterocycles. The molecule has 0 aliphatic rings. The van der Waals surface area contributed by atoms with Gasteiger partial charge in [-0.3, -0.25) is 0 Å². The monoisotopic (exact) mass is 508 g/mol. The maximum Gasteiger partial charge on any atom is 0.387 e. The van der Waals surface area contributed by atoms with Crippen molar-refractivity contribution >= 4 is 29.9 Å². The van der Waals surface area contributed by atoms with Crippen LogP contribution in [0.3, 0.4) is 0 Å². The number of ether oxygens (including phenoxy) is 1. The van der Waals surface area contributed by atoms with Crippen LogP contribution >= 0.6 is 24.0 Å². The average molecular weight is 508 g/mol. The number of aromatic nitrogens is 1. The second-order valence-corrected chi connectivity index (χ2v) is 6.90. The smallest absolute Gasteiger partial charge is 0.387 e. The number of hydrogen-bond donors (Lipinski definition) is 2. The standard InChI is InChI=1S/C19H26F2N4O2.HI/c1-5-22-18(25-12-16-23-11-15(27-16)19(2,3)4)24-10-13-8-6-7-9-14(13)26-17(20)21;/h6-9,11,17H,5,10,12H2,1-4H3,(H2,22,24,25);1H. The van der Waals surface area contributed by atoms with E-state index in [0.29, 0.717) is 30.5 Å². The second kappa shape index (κ2) is 11.2. The van der Waals surface area contributed by atoms with E-state index in [1.807, 2.05) is 6.92 Å². The number of hydrogen-bond acceptors (Lipinski definition) is 4. The van der Waals surface area contributed by atoms with Crippen LogP contribution in [0.15, 0.2) is 39.9 Å². The first-order chi connectivity index (χ1) is 12.8. The molecule has 0 saturated heterocycles. The van der Waals surface area contributed by atoms with E-state index >= 15 is 0 Å². The Kier molecular flexibility index (Phi) is 9.63. The molecule has 0 amide bonds. The quantitative estimate of drug-likeness (QED) is 0.329. The van der Waals surface area contributed by atoms with Gasteiger partial charge in [0.15, 0.2) is 5.96 Å². The van der Waals surface area contributed by atoms with Gasteiger partial charge >= 0.3 is 6.61 Å². The summed E-state index contributed by atoms with van der Waals surface area (Å²) in [6.45, 7) is 6.42. The van der Waals surface area contributed by atoms with Gasteiger partial charge in [0.25, 0.3) is 0 Å². The van der Waals surface area contributed by atoms with E-state index in [1.54, 1.807) is 24.4 Å². The van der Waals surface area contributed by atoms with Gasteiger partial charge in [-0.1, -0.05) is 39.0 Å². The summed E-state index contributed by atoms with van der Waals surface area (Å²) < 4.78 is 35.3. The Bertz CT molecular complexity index is 760. The number of benzene rings is 1. The molecule has 156 valence electrons. The van der Waals surface area contributed by atoms with Crippen LogP contribution in [0.5, 0.6) is 5.75 Å². The lowest BCUT2D eigenvalue weighted by Crippen LogP contribution is -2.36. The Labute approximate surface area is 181 Å². The summed E-state index contributed by atoms with van der Waals surface area (Å²) in [6.07, 6.45) is 1.72. The molecule has 2 aromatic rings. The molecule has 1 aromatic carbocycles. The molecule has 9 heteroatoms. The maximum absolute atomic E-state index is 12.5. The molecule has 1 heterocycles. The topological polar surface area (TPSA) is 71.7 Å². The van der Waals surface area contributed by atoms with Crippen molar-refractivity contribution in [2.24, 2.45) is 4.99 Å². The zero-order valence-corrected chi connectivity index (χ0v) is 18.8. The van der Waals surface area contributed by atoms with Gasteiger partial charge < -0.3 is 19.8 Å². The number of aliphatic imine (C=N–C) groups is 1. The lowest BCUT2D eigenvalue weighted by Gasteiger charge is -2.13. The third-order valence-electron chi connectivity index (χ3n) is 3.64. The van der Waals surface area contributed by atoms with Gasteiger partial charge in [0.05, 0.1) is 19.3 Å². The SMILES string of the molecule is CCNC(=NCc1ccccc1OC(F)F)NCc1ncc(C(C)(C)C)o1.I. The molecule has 0 aliphatic heterocycles. The van der Waals surface area contributed by atoms with Gasteiger partial charge in [0.1, 0.15) is 11.5 Å². The third kappa shape index (κ3) is 7.61. The molecule has 2 rings (SSSR count). The predicted octanol–water partition coefficient (Wildman–Crippen LogP) is 4.45. The molecule has 0 bridgehead atoms. The van der Waals surface area contributed by atoms with Gasteiger partial charge in [-0.15, -0.1) is 24.0 Å². The van der Waals surface area contributed by atoms with Crippen LogP contribution in [0.25, 0.3) is 0 Å². The summed E-state index contributed by atoms with van der Waals surface area (Å²) in [7, 11) is 0. The Morgan fingerprint density at radius 3 is 2.57 bits per heavy atom. The van der Waals surface area contributed by atoms with Crippen LogP contribution in [0.1, 0.15) is 44.9 Å². The van der Waals surface area contributed by atoms with Crippen molar-refractivity contribution in [1.29, 1.82) is 0 Å². The number of alkyl halides is 2. The Balaban J connectivity index is 0.00000392. The predicted molar refractivity (Wildman–Crippen MR) is 115 cm³/mol. The minimum absolute atomic E-state index is 0. The van der Waals surface area contributed by atoms with Gasteiger partial charge in [0.2, 0.25) is 5.89 Å². The first-order valence-corrected chi connectivity index (χ1v) is 8.79. The molecule has 0 spiro atoms. The van der Waals surface area contributed by atoms with Gasteiger partial charge in [0, 0.05) is 17.5 Å². The number of oxazole rings is 1. The fraction of sp³-hybridized carbons (Fsp3) is 0.474. The molecule has 0 fully saturated rings. The Hall–Kier alpha value is -1.91. The molecule has 2 N–H and O–H groups in total. The second-order valence-electron chi connectivity index (χ2n) is 6.90. The normalized spacial score (nSPS) is 11.9. The molecule has 0 radical (unpaired) electrons. The average Bonchev–Trinajstić information content (AvgIpc) is 3.07. The van der Waals surface area contributed by atoms with Crippen molar-refractivity contribution in [3.05, 3.63) is 47.7 Å². The van der Waals surface area contributed by atoms with Gasteiger partial charge in [-0.25, -0.2) is 9.98 Å². The van der Waals surface area contributed by atoms with Crippen molar-refractivity contribution in [3.63, 3.8) is 0 Å². The molecule has 0 saturated carbocycles. The fourth-order valence-corrected chi connectivity index (χ4v) is 2.25. The van der Waals surface area contributed by atoms with E-state index in [0.717, 1.165) is 5.76 Å². The number of nitrogens with one attached hydrogen (secondary N) is 2. The van der Waals surface area contributed by atoms with E-state index in [2.05, 4.69) is 46.1 Å². The molecular formula is C19H27F2IN4O2. The Morgan fingerprint density at radius 2 is 1.96 bits per heavy atom. The number of para-hydroxylation sites is 1. The highest BCUT2D eigenvalue weighted by Crippen LogP contribution is 2.23. The Morgan fingerprint density at radius 1 is 1.25 bits per heavy atom. The molecule has 0 aliphatic carbocycles. The highest BCUT2D eigenvalue weighted by atomic mass is 127. The van der Waals surface area contributed by atoms with E-state index in [9.17, 15) is 8.78 Å². The minimum Gasteiger partial charge on any atom is -0.443 e. The van der Waals surface area contributed by atoms with Crippen molar-refractivity contribution < 1.29 is 17.9 Å². The minimum atomic E-state index is -2.87. The number of nitrogens with zero attached hydrogens (tertiary/aromatic N) is 2. The first-order valence-electron chi connectivity index (χ1n) is 8.79. The third-order valence-corrected chi connectivity index (χ3v) is 3.64. The maximum atomic E-state index is 12.5. The zero-order valence-electron chi connectivity index (χ0n) is 16.5. The van der Waals surface area contributed by atoms with Crippen LogP contribution in [-0.2, 0) is 18.5 Å². The summed E-state index contributed by atoms with van der Waals surface area (Å²) >= 11 is 0. The number of halogens is 3. The van der Waals surface area contributed by atoms with Crippen molar-refractivity contribution in [3.8, 4) is 5.75 Å². The number of guanidine groups is 1. The van der Waals surface area contributed by atoms with Crippen molar-refractivity contribution in [1.82, 2.24) is 15.6 Å². The zero-order chi connectivity index (χ0) is 19.9. The summed E-state index contributed by atoms with van der Waals surface area (Å²) in [6, 6.07) is 6.60. The molecule has 28 heavy (non-hydrogen) atoms. The highest BCUT2D eigenvalue weighted by molar-refractivity contribution is 14.0. The van der Waals surface area contributed by atoms with E-state index in [4.69, 9.17) is 4.42 Å². The van der Waals surface area contributed by atoms with Crippen LogP contribution in [0.4, 0.5) is 8.78 Å². The first kappa shape index (κ1) is 24.1. The van der Waals surface area contributed by atoms with Gasteiger partial charge in [-0.2, -0.15) is 8.78 Å². The van der Waals surface area contributed by atoms with Crippen molar-refractivity contribution in [2.45, 2.75) is 52.8 Å². The largest absolute Gasteiger partial charge is 0.443 e. The van der Waals surface area contributed by atoms with Crippen LogP contribution < -0.4 is 15.4 Å². The van der Waals surface area contributed by atoms with E-state index in [1.165, 1.54) is 6.07 Å². The van der Waals surface area contributed by atoms with Crippen molar-refractivity contribution in [2.75, 3.05) is 6.54 Å². The molecule has 6 nitrogen and oxygen atoms in total. The van der Waals surface area contributed by atoms with Crippen LogP contribution in [-0.4, -0.2) is 24.1 Å². The summed E-state index contributed by atoms with van der Waals surface area (Å²) in [5.41, 5.74) is 0.458.